The van der Waals surface area contributed by atoms with Gasteiger partial charge in [0, 0.05) is 11.6 Å². The van der Waals surface area contributed by atoms with E-state index in [0.29, 0.717) is 22.9 Å². The molecule has 3 aliphatic carbocycles. The van der Waals surface area contributed by atoms with Gasteiger partial charge in [-0.1, -0.05) is 0 Å². The van der Waals surface area contributed by atoms with Crippen LogP contribution in [0.5, 0.6) is 11.6 Å². The number of aromatic nitrogens is 4. The lowest BCUT2D eigenvalue weighted by Gasteiger charge is -2.66. The number of hydrogen-bond donors (Lipinski definition) is 3. The quantitative estimate of drug-likeness (QED) is 0.543. The highest BCUT2D eigenvalue weighted by Gasteiger charge is 2.69. The zero-order valence-electron chi connectivity index (χ0n) is 17.0. The summed E-state index contributed by atoms with van der Waals surface area (Å²) in [5, 5.41) is 21.3. The Morgan fingerprint density at radius 2 is 1.87 bits per heavy atom. The van der Waals surface area contributed by atoms with Crippen molar-refractivity contribution in [2.24, 2.45) is 5.41 Å². The molecule has 9 heteroatoms. The Morgan fingerprint density at radius 3 is 2.52 bits per heavy atom. The van der Waals surface area contributed by atoms with Gasteiger partial charge in [-0.3, -0.25) is 9.97 Å². The number of benzene rings is 1. The molecule has 0 spiro atoms. The number of aromatic amines is 2. The first kappa shape index (κ1) is 18.9. The van der Waals surface area contributed by atoms with Crippen LogP contribution in [-0.2, 0) is 0 Å². The number of ether oxygens (including phenoxy) is 1. The van der Waals surface area contributed by atoms with Crippen LogP contribution in [0.4, 0.5) is 5.95 Å². The number of hydrogen-bond acceptors (Lipinski definition) is 7. The van der Waals surface area contributed by atoms with Gasteiger partial charge in [0.2, 0.25) is 5.95 Å². The Hall–Kier alpha value is -4.11. The molecular formula is C22H19N7O2. The molecule has 3 aliphatic rings. The molecule has 0 unspecified atom stereocenters. The second-order valence-corrected chi connectivity index (χ2v) is 8.53. The molecule has 0 atom stereocenters. The largest absolute Gasteiger partial charge is 0.436 e. The molecular weight excluding hydrogens is 394 g/mol. The van der Waals surface area contributed by atoms with Crippen LogP contribution in [0.3, 0.4) is 0 Å². The molecule has 9 nitrogen and oxygen atoms in total. The second kappa shape index (κ2) is 6.44. The first-order chi connectivity index (χ1) is 14.8. The summed E-state index contributed by atoms with van der Waals surface area (Å²) in [6.45, 7) is 3.82. The summed E-state index contributed by atoms with van der Waals surface area (Å²) in [4.78, 5) is 26.2. The predicted octanol–water partition coefficient (Wildman–Crippen LogP) is 3.45. The van der Waals surface area contributed by atoms with Gasteiger partial charge in [0.05, 0.1) is 17.6 Å². The molecule has 2 heterocycles. The van der Waals surface area contributed by atoms with E-state index in [2.05, 4.69) is 31.3 Å². The number of aryl methyl sites for hydroxylation is 2. The van der Waals surface area contributed by atoms with E-state index in [-0.39, 0.29) is 16.8 Å². The van der Waals surface area contributed by atoms with Gasteiger partial charge in [0.15, 0.2) is 5.65 Å². The smallest absolute Gasteiger partial charge is 0.325 e. The molecule has 3 saturated carbocycles. The lowest BCUT2D eigenvalue weighted by atomic mass is 9.40. The van der Waals surface area contributed by atoms with E-state index < -0.39 is 5.69 Å². The Morgan fingerprint density at radius 1 is 1.16 bits per heavy atom. The van der Waals surface area contributed by atoms with E-state index in [1.165, 1.54) is 6.08 Å². The summed E-state index contributed by atoms with van der Waals surface area (Å²) in [6, 6.07) is 8.19. The summed E-state index contributed by atoms with van der Waals surface area (Å²) in [5.41, 5.74) is 2.61. The predicted molar refractivity (Wildman–Crippen MR) is 113 cm³/mol. The number of imidazole rings is 1. The third-order valence-corrected chi connectivity index (χ3v) is 6.02. The van der Waals surface area contributed by atoms with Crippen LogP contribution >= 0.6 is 0 Å². The zero-order valence-corrected chi connectivity index (χ0v) is 17.0. The minimum Gasteiger partial charge on any atom is -0.436 e. The number of nitriles is 2. The fourth-order valence-electron chi connectivity index (χ4n) is 4.77. The molecule has 0 amide bonds. The van der Waals surface area contributed by atoms with Crippen LogP contribution in [0, 0.1) is 41.9 Å². The molecule has 0 aliphatic heterocycles. The van der Waals surface area contributed by atoms with Crippen molar-refractivity contribution in [2.45, 2.75) is 38.6 Å². The van der Waals surface area contributed by atoms with Crippen molar-refractivity contribution in [3.05, 3.63) is 45.4 Å². The SMILES string of the molecule is Cc1cc(/C=C/C#N)cc(C)c1Oc1nc(NC23CC(C#N)(C2)C3)nc2[nH]c(=O)[nH]c12. The lowest BCUT2D eigenvalue weighted by Crippen LogP contribution is -2.70. The number of anilines is 1. The maximum atomic E-state index is 11.9. The third-order valence-electron chi connectivity index (χ3n) is 6.02. The highest BCUT2D eigenvalue weighted by molar-refractivity contribution is 5.77. The minimum atomic E-state index is -0.398. The Balaban J connectivity index is 1.50. The van der Waals surface area contributed by atoms with Crippen LogP contribution in [0.1, 0.15) is 36.0 Å². The molecule has 154 valence electrons. The first-order valence-electron chi connectivity index (χ1n) is 9.89. The summed E-state index contributed by atoms with van der Waals surface area (Å²) in [7, 11) is 0. The zero-order chi connectivity index (χ0) is 21.8. The van der Waals surface area contributed by atoms with Gasteiger partial charge in [-0.2, -0.15) is 20.5 Å². The molecule has 31 heavy (non-hydrogen) atoms. The van der Waals surface area contributed by atoms with Crippen molar-refractivity contribution in [3.8, 4) is 23.8 Å². The summed E-state index contributed by atoms with van der Waals surface area (Å²) < 4.78 is 6.16. The Kier molecular flexibility index (Phi) is 3.93. The average Bonchev–Trinajstić information content (AvgIpc) is 3.04. The lowest BCUT2D eigenvalue weighted by molar-refractivity contribution is -0.0665. The third kappa shape index (κ3) is 3.03. The fourth-order valence-corrected chi connectivity index (χ4v) is 4.77. The van der Waals surface area contributed by atoms with Crippen molar-refractivity contribution < 1.29 is 4.74 Å². The summed E-state index contributed by atoms with van der Waals surface area (Å²) in [6.07, 6.45) is 5.47. The van der Waals surface area contributed by atoms with Gasteiger partial charge in [-0.25, -0.2) is 4.79 Å². The van der Waals surface area contributed by atoms with Gasteiger partial charge in [-0.05, 0) is 68.0 Å². The number of allylic oxidation sites excluding steroid dienone is 1. The number of rotatable bonds is 5. The van der Waals surface area contributed by atoms with Crippen molar-refractivity contribution in [3.63, 3.8) is 0 Å². The average molecular weight is 413 g/mol. The van der Waals surface area contributed by atoms with Gasteiger partial charge < -0.3 is 10.1 Å². The molecule has 3 aromatic rings. The Bertz CT molecular complexity index is 1360. The Labute approximate surface area is 177 Å². The molecule has 6 rings (SSSR count). The van der Waals surface area contributed by atoms with Crippen molar-refractivity contribution in [2.75, 3.05) is 5.32 Å². The van der Waals surface area contributed by atoms with Gasteiger partial charge in [0.1, 0.15) is 11.3 Å². The van der Waals surface area contributed by atoms with Crippen LogP contribution in [0.2, 0.25) is 0 Å². The number of fused-ring (bicyclic) bond motifs is 1. The first-order valence-corrected chi connectivity index (χ1v) is 9.89. The number of nitrogens with one attached hydrogen (secondary N) is 3. The molecule has 3 N–H and O–H groups in total. The monoisotopic (exact) mass is 413 g/mol. The fraction of sp³-hybridized carbons (Fsp3) is 0.318. The molecule has 0 radical (unpaired) electrons. The molecule has 0 saturated heterocycles. The van der Waals surface area contributed by atoms with E-state index in [9.17, 15) is 10.1 Å². The number of nitrogens with zero attached hydrogens (tertiary/aromatic N) is 4. The van der Waals surface area contributed by atoms with E-state index in [4.69, 9.17) is 10.00 Å². The van der Waals surface area contributed by atoms with Gasteiger partial charge in [0.25, 0.3) is 5.88 Å². The topological polar surface area (TPSA) is 143 Å². The van der Waals surface area contributed by atoms with Crippen LogP contribution in [-0.4, -0.2) is 25.5 Å². The summed E-state index contributed by atoms with van der Waals surface area (Å²) >= 11 is 0. The van der Waals surface area contributed by atoms with Gasteiger partial charge >= 0.3 is 5.69 Å². The minimum absolute atomic E-state index is 0.155. The highest BCUT2D eigenvalue weighted by Crippen LogP contribution is 2.67. The molecule has 2 bridgehead atoms. The maximum Gasteiger partial charge on any atom is 0.325 e. The molecule has 3 fully saturated rings. The second-order valence-electron chi connectivity index (χ2n) is 8.53. The van der Waals surface area contributed by atoms with Crippen LogP contribution in [0.15, 0.2) is 23.0 Å². The van der Waals surface area contributed by atoms with E-state index in [0.717, 1.165) is 36.0 Å². The van der Waals surface area contributed by atoms with Crippen molar-refractivity contribution >= 4 is 23.2 Å². The van der Waals surface area contributed by atoms with Crippen molar-refractivity contribution in [1.29, 1.82) is 10.5 Å². The van der Waals surface area contributed by atoms with E-state index >= 15 is 0 Å². The molecule has 1 aromatic carbocycles. The van der Waals surface area contributed by atoms with Crippen LogP contribution < -0.4 is 15.7 Å². The molecule has 2 aromatic heterocycles. The highest BCUT2D eigenvalue weighted by atomic mass is 16.5. The van der Waals surface area contributed by atoms with E-state index in [1.54, 1.807) is 6.08 Å². The van der Waals surface area contributed by atoms with Gasteiger partial charge in [-0.15, -0.1) is 0 Å². The van der Waals surface area contributed by atoms with Crippen LogP contribution in [0.25, 0.3) is 17.2 Å². The standard InChI is InChI=1S/C22H19N7O2/c1-12-6-14(4-3-5-23)7-13(2)16(12)31-18-15-17(27-20(30)25-15)26-19(28-18)29-22-8-21(9-22,10-22)11-24/h3-4,6-7H,8-10H2,1-2H3,(H3,25,26,27,28,29,30)/b4-3+. The maximum absolute atomic E-state index is 11.9. The van der Waals surface area contributed by atoms with E-state index in [1.807, 2.05) is 32.0 Å². The summed E-state index contributed by atoms with van der Waals surface area (Å²) in [5.74, 6) is 1.21. The number of H-pyrrole nitrogens is 2. The normalized spacial score (nSPS) is 23.6. The van der Waals surface area contributed by atoms with Crippen molar-refractivity contribution in [1.82, 2.24) is 19.9 Å².